The molecule has 2 nitrogen and oxygen atoms in total. The number of hydrogen-bond acceptors (Lipinski definition) is 2. The van der Waals surface area contributed by atoms with Gasteiger partial charge < -0.3 is 10.5 Å². The average molecular weight is 191 g/mol. The molecule has 1 unspecified atom stereocenters. The minimum atomic E-state index is -0.248. The molecular weight excluding hydrogens is 174 g/mol. The van der Waals surface area contributed by atoms with Crippen LogP contribution in [-0.4, -0.2) is 11.6 Å². The fraction of sp³-hybridized carbons (Fsp3) is 0.500. The Kier molecular flexibility index (Phi) is 2.04. The van der Waals surface area contributed by atoms with Gasteiger partial charge in [0, 0.05) is 6.04 Å². The molecule has 1 atom stereocenters. The lowest BCUT2D eigenvalue weighted by Crippen LogP contribution is -2.51. The van der Waals surface area contributed by atoms with Crippen molar-refractivity contribution in [3.8, 4) is 5.75 Å². The molecule has 76 valence electrons. The highest BCUT2D eigenvalue weighted by atomic mass is 16.5. The van der Waals surface area contributed by atoms with E-state index in [2.05, 4.69) is 19.1 Å². The number of ether oxygens (including phenoxy) is 1. The molecule has 0 aromatic heterocycles. The molecular formula is C12H17NO. The van der Waals surface area contributed by atoms with E-state index in [0.717, 1.165) is 12.2 Å². The molecule has 0 radical (unpaired) electrons. The van der Waals surface area contributed by atoms with Crippen molar-refractivity contribution < 1.29 is 4.74 Å². The van der Waals surface area contributed by atoms with Crippen LogP contribution in [0.5, 0.6) is 5.75 Å². The lowest BCUT2D eigenvalue weighted by Gasteiger charge is -2.38. The summed E-state index contributed by atoms with van der Waals surface area (Å²) in [6, 6.07) is 6.35. The molecule has 1 aromatic rings. The van der Waals surface area contributed by atoms with E-state index in [4.69, 9.17) is 10.5 Å². The molecule has 1 heterocycles. The van der Waals surface area contributed by atoms with Crippen LogP contribution in [0.4, 0.5) is 0 Å². The number of rotatable bonds is 0. The fourth-order valence-corrected chi connectivity index (χ4v) is 1.81. The minimum absolute atomic E-state index is 0.0804. The summed E-state index contributed by atoms with van der Waals surface area (Å²) in [7, 11) is 0. The van der Waals surface area contributed by atoms with Crippen LogP contribution in [0.1, 0.15) is 25.0 Å². The smallest absolute Gasteiger partial charge is 0.123 e. The molecule has 0 bridgehead atoms. The van der Waals surface area contributed by atoms with Crippen molar-refractivity contribution in [1.29, 1.82) is 0 Å². The van der Waals surface area contributed by atoms with Gasteiger partial charge in [0.2, 0.25) is 0 Å². The predicted molar refractivity (Wildman–Crippen MR) is 57.6 cm³/mol. The maximum Gasteiger partial charge on any atom is 0.123 e. The van der Waals surface area contributed by atoms with Crippen molar-refractivity contribution in [2.75, 3.05) is 0 Å². The summed E-state index contributed by atoms with van der Waals surface area (Å²) in [5.74, 6) is 0.988. The molecule has 1 aliphatic heterocycles. The van der Waals surface area contributed by atoms with E-state index in [1.807, 2.05) is 19.9 Å². The fourth-order valence-electron chi connectivity index (χ4n) is 1.81. The Morgan fingerprint density at radius 2 is 2.14 bits per heavy atom. The second kappa shape index (κ2) is 2.99. The largest absolute Gasteiger partial charge is 0.486 e. The summed E-state index contributed by atoms with van der Waals surface area (Å²) >= 11 is 0. The molecule has 2 rings (SSSR count). The third kappa shape index (κ3) is 1.50. The van der Waals surface area contributed by atoms with E-state index in [1.165, 1.54) is 11.1 Å². The summed E-state index contributed by atoms with van der Waals surface area (Å²) < 4.78 is 5.86. The number of hydrogen-bond donors (Lipinski definition) is 1. The van der Waals surface area contributed by atoms with Gasteiger partial charge in [0.05, 0.1) is 0 Å². The highest BCUT2D eigenvalue weighted by molar-refractivity contribution is 5.40. The molecule has 0 saturated heterocycles. The summed E-state index contributed by atoms with van der Waals surface area (Å²) in [6.07, 6.45) is 0.907. The number of aryl methyl sites for hydroxylation is 1. The second-order valence-corrected chi connectivity index (χ2v) is 4.63. The van der Waals surface area contributed by atoms with Crippen molar-refractivity contribution in [1.82, 2.24) is 0 Å². The normalized spacial score (nSPS) is 23.9. The van der Waals surface area contributed by atoms with Crippen molar-refractivity contribution in [3.63, 3.8) is 0 Å². The van der Waals surface area contributed by atoms with Gasteiger partial charge in [-0.1, -0.05) is 17.7 Å². The van der Waals surface area contributed by atoms with E-state index >= 15 is 0 Å². The topological polar surface area (TPSA) is 35.2 Å². The molecule has 1 aliphatic rings. The van der Waals surface area contributed by atoms with Gasteiger partial charge in [-0.2, -0.15) is 0 Å². The molecule has 0 amide bonds. The molecule has 0 fully saturated rings. The van der Waals surface area contributed by atoms with Crippen molar-refractivity contribution in [2.45, 2.75) is 38.8 Å². The van der Waals surface area contributed by atoms with Gasteiger partial charge in [-0.3, -0.25) is 0 Å². The molecule has 0 aliphatic carbocycles. The SMILES string of the molecule is Cc1ccc2c(c1)CC(N)C(C)(C)O2. The third-order valence-corrected chi connectivity index (χ3v) is 2.92. The molecule has 1 aromatic carbocycles. The highest BCUT2D eigenvalue weighted by Crippen LogP contribution is 2.32. The van der Waals surface area contributed by atoms with Gasteiger partial charge >= 0.3 is 0 Å². The number of fused-ring (bicyclic) bond motifs is 1. The van der Waals surface area contributed by atoms with Crippen LogP contribution >= 0.6 is 0 Å². The predicted octanol–water partition coefficient (Wildman–Crippen LogP) is 2.04. The van der Waals surface area contributed by atoms with Crippen molar-refractivity contribution in [3.05, 3.63) is 29.3 Å². The zero-order valence-electron chi connectivity index (χ0n) is 9.00. The van der Waals surface area contributed by atoms with Gasteiger partial charge in [0.15, 0.2) is 0 Å². The minimum Gasteiger partial charge on any atom is -0.486 e. The van der Waals surface area contributed by atoms with E-state index in [-0.39, 0.29) is 11.6 Å². The Labute approximate surface area is 85.1 Å². The van der Waals surface area contributed by atoms with Gasteiger partial charge in [-0.15, -0.1) is 0 Å². The lowest BCUT2D eigenvalue weighted by atomic mass is 9.89. The van der Waals surface area contributed by atoms with Crippen LogP contribution in [0.2, 0.25) is 0 Å². The average Bonchev–Trinajstić information content (AvgIpc) is 2.08. The first-order valence-electron chi connectivity index (χ1n) is 5.03. The molecule has 2 heteroatoms. The third-order valence-electron chi connectivity index (χ3n) is 2.92. The van der Waals surface area contributed by atoms with Crippen LogP contribution in [0.15, 0.2) is 18.2 Å². The zero-order chi connectivity index (χ0) is 10.3. The zero-order valence-corrected chi connectivity index (χ0v) is 9.00. The molecule has 14 heavy (non-hydrogen) atoms. The van der Waals surface area contributed by atoms with E-state index in [9.17, 15) is 0 Å². The Morgan fingerprint density at radius 1 is 1.43 bits per heavy atom. The maximum atomic E-state index is 6.05. The van der Waals surface area contributed by atoms with Crippen LogP contribution in [0, 0.1) is 6.92 Å². The Morgan fingerprint density at radius 3 is 2.86 bits per heavy atom. The lowest BCUT2D eigenvalue weighted by molar-refractivity contribution is 0.0640. The highest BCUT2D eigenvalue weighted by Gasteiger charge is 2.34. The first-order chi connectivity index (χ1) is 6.49. The van der Waals surface area contributed by atoms with Gasteiger partial charge in [-0.05, 0) is 38.8 Å². The van der Waals surface area contributed by atoms with Crippen LogP contribution < -0.4 is 10.5 Å². The summed E-state index contributed by atoms with van der Waals surface area (Å²) in [6.45, 7) is 6.17. The van der Waals surface area contributed by atoms with E-state index < -0.39 is 0 Å². The van der Waals surface area contributed by atoms with Crippen molar-refractivity contribution in [2.24, 2.45) is 5.73 Å². The number of nitrogens with two attached hydrogens (primary N) is 1. The molecule has 0 saturated carbocycles. The second-order valence-electron chi connectivity index (χ2n) is 4.63. The van der Waals surface area contributed by atoms with Crippen molar-refractivity contribution >= 4 is 0 Å². The van der Waals surface area contributed by atoms with E-state index in [0.29, 0.717) is 0 Å². The van der Waals surface area contributed by atoms with Crippen LogP contribution in [0.25, 0.3) is 0 Å². The first-order valence-corrected chi connectivity index (χ1v) is 5.03. The summed E-state index contributed by atoms with van der Waals surface area (Å²) in [5.41, 5.74) is 8.30. The Hall–Kier alpha value is -1.02. The monoisotopic (exact) mass is 191 g/mol. The van der Waals surface area contributed by atoms with Gasteiger partial charge in [0.1, 0.15) is 11.4 Å². The van der Waals surface area contributed by atoms with Gasteiger partial charge in [-0.25, -0.2) is 0 Å². The van der Waals surface area contributed by atoms with E-state index in [1.54, 1.807) is 0 Å². The standard InChI is InChI=1S/C12H17NO/c1-8-4-5-10-9(6-8)7-11(13)12(2,3)14-10/h4-6,11H,7,13H2,1-3H3. The number of benzene rings is 1. The quantitative estimate of drug-likeness (QED) is 0.681. The first kappa shape index (κ1) is 9.53. The summed E-state index contributed by atoms with van der Waals surface area (Å²) in [5, 5.41) is 0. The maximum absolute atomic E-state index is 6.05. The summed E-state index contributed by atoms with van der Waals surface area (Å²) in [4.78, 5) is 0. The van der Waals surface area contributed by atoms with Crippen LogP contribution in [-0.2, 0) is 6.42 Å². The molecule has 2 N–H and O–H groups in total. The molecule has 0 spiro atoms. The van der Waals surface area contributed by atoms with Gasteiger partial charge in [0.25, 0.3) is 0 Å². The Bertz CT molecular complexity index is 357. The Balaban J connectivity index is 2.41. The van der Waals surface area contributed by atoms with Crippen LogP contribution in [0.3, 0.4) is 0 Å².